The molecule has 1 heterocycles. The van der Waals surface area contributed by atoms with Gasteiger partial charge in [0.1, 0.15) is 0 Å². The highest BCUT2D eigenvalue weighted by atomic mass is 35.5. The van der Waals surface area contributed by atoms with Gasteiger partial charge in [-0.3, -0.25) is 9.69 Å². The summed E-state index contributed by atoms with van der Waals surface area (Å²) in [6, 6.07) is 7.35. The molecule has 1 aliphatic rings. The van der Waals surface area contributed by atoms with E-state index in [2.05, 4.69) is 11.8 Å². The fraction of sp³-hybridized carbons (Fsp3) is 0.588. The molecular weight excluding hydrogens is 300 g/mol. The van der Waals surface area contributed by atoms with Gasteiger partial charge in [-0.25, -0.2) is 0 Å². The number of hydrogen-bond donors (Lipinski definition) is 1. The van der Waals surface area contributed by atoms with Crippen LogP contribution in [0.1, 0.15) is 37.0 Å². The summed E-state index contributed by atoms with van der Waals surface area (Å²) < 4.78 is 0. The number of likely N-dealkylation sites (tertiary alicyclic amines) is 1. The number of carbonyl (C=O) groups excluding carboxylic acids is 1. The first kappa shape index (κ1) is 17.3. The van der Waals surface area contributed by atoms with E-state index >= 15 is 0 Å². The maximum absolute atomic E-state index is 12.6. The van der Waals surface area contributed by atoms with Crippen molar-refractivity contribution in [1.29, 1.82) is 0 Å². The molecule has 4 nitrogen and oxygen atoms in total. The van der Waals surface area contributed by atoms with Crippen LogP contribution in [0, 0.1) is 0 Å². The number of aliphatic hydroxyl groups is 1. The van der Waals surface area contributed by atoms with Crippen molar-refractivity contribution < 1.29 is 9.90 Å². The predicted molar refractivity (Wildman–Crippen MR) is 89.3 cm³/mol. The monoisotopic (exact) mass is 324 g/mol. The zero-order chi connectivity index (χ0) is 16.3. The smallest absolute Gasteiger partial charge is 0.253 e. The van der Waals surface area contributed by atoms with Crippen molar-refractivity contribution >= 4 is 17.5 Å². The number of rotatable bonds is 6. The quantitative estimate of drug-likeness (QED) is 0.875. The highest BCUT2D eigenvalue weighted by Gasteiger charge is 2.36. The molecule has 1 fully saturated rings. The molecule has 1 N–H and O–H groups in total. The van der Waals surface area contributed by atoms with E-state index < -0.39 is 0 Å². The molecular formula is C17H25ClN2O2. The molecule has 1 aliphatic heterocycles. The molecule has 1 saturated heterocycles. The molecule has 5 heteroatoms. The van der Waals surface area contributed by atoms with Crippen LogP contribution in [0.2, 0.25) is 5.02 Å². The first-order valence-corrected chi connectivity index (χ1v) is 8.26. The lowest BCUT2D eigenvalue weighted by Crippen LogP contribution is -2.61. The minimum atomic E-state index is -0.237. The number of β-amino-alcohol motifs (C(OH)–C–C–N with tert-alkyl or cyclic N) is 1. The third-order valence-electron chi connectivity index (χ3n) is 4.58. The van der Waals surface area contributed by atoms with E-state index in [9.17, 15) is 9.90 Å². The second-order valence-corrected chi connectivity index (χ2v) is 6.56. The van der Waals surface area contributed by atoms with Gasteiger partial charge < -0.3 is 10.0 Å². The lowest BCUT2D eigenvalue weighted by atomic mass is 9.98. The average molecular weight is 325 g/mol. The second kappa shape index (κ2) is 7.44. The van der Waals surface area contributed by atoms with Gasteiger partial charge in [0.05, 0.1) is 6.10 Å². The predicted octanol–water partition coefficient (Wildman–Crippen LogP) is 2.65. The number of carbonyl (C=O) groups is 1. The molecule has 0 radical (unpaired) electrons. The van der Waals surface area contributed by atoms with Crippen LogP contribution < -0.4 is 0 Å². The zero-order valence-corrected chi connectivity index (χ0v) is 14.3. The van der Waals surface area contributed by atoms with Crippen molar-refractivity contribution in [2.45, 2.75) is 44.9 Å². The summed E-state index contributed by atoms with van der Waals surface area (Å²) in [5, 5.41) is 10.3. The van der Waals surface area contributed by atoms with E-state index in [1.165, 1.54) is 0 Å². The summed E-state index contributed by atoms with van der Waals surface area (Å²) in [5.41, 5.74) is 0.657. The average Bonchev–Trinajstić information content (AvgIpc) is 2.52. The van der Waals surface area contributed by atoms with Crippen molar-refractivity contribution in [3.8, 4) is 0 Å². The second-order valence-electron chi connectivity index (χ2n) is 6.13. The maximum atomic E-state index is 12.6. The number of likely N-dealkylation sites (N-methyl/N-ethyl adjacent to an activating group) is 1. The molecule has 3 atom stereocenters. The molecule has 0 bridgehead atoms. The van der Waals surface area contributed by atoms with Gasteiger partial charge >= 0.3 is 0 Å². The topological polar surface area (TPSA) is 43.8 Å². The number of aliphatic hydroxyl groups excluding tert-OH is 1. The fourth-order valence-corrected chi connectivity index (χ4v) is 3.00. The van der Waals surface area contributed by atoms with Crippen LogP contribution >= 0.6 is 11.6 Å². The van der Waals surface area contributed by atoms with Gasteiger partial charge in [-0.15, -0.1) is 0 Å². The zero-order valence-electron chi connectivity index (χ0n) is 13.5. The highest BCUT2D eigenvalue weighted by molar-refractivity contribution is 6.30. The Hall–Kier alpha value is -1.10. The van der Waals surface area contributed by atoms with Gasteiger partial charge in [0.15, 0.2) is 0 Å². The van der Waals surface area contributed by atoms with Crippen molar-refractivity contribution in [2.24, 2.45) is 0 Å². The van der Waals surface area contributed by atoms with E-state index in [1.54, 1.807) is 24.3 Å². The molecule has 0 aliphatic carbocycles. The number of halogens is 1. The summed E-state index contributed by atoms with van der Waals surface area (Å²) in [6.45, 7) is 5.66. The van der Waals surface area contributed by atoms with Gasteiger partial charge in [-0.05, 0) is 37.6 Å². The lowest BCUT2D eigenvalue weighted by molar-refractivity contribution is -0.0614. The molecule has 2 rings (SSSR count). The van der Waals surface area contributed by atoms with Crippen LogP contribution in [-0.4, -0.2) is 59.1 Å². The highest BCUT2D eigenvalue weighted by Crippen LogP contribution is 2.21. The first-order valence-electron chi connectivity index (χ1n) is 7.88. The fourth-order valence-electron chi connectivity index (χ4n) is 2.88. The number of benzene rings is 1. The summed E-state index contributed by atoms with van der Waals surface area (Å²) in [4.78, 5) is 16.7. The van der Waals surface area contributed by atoms with Crippen molar-refractivity contribution in [3.63, 3.8) is 0 Å². The summed E-state index contributed by atoms with van der Waals surface area (Å²) in [5.74, 6) is 0.0174. The van der Waals surface area contributed by atoms with Gasteiger partial charge in [0.25, 0.3) is 5.91 Å². The van der Waals surface area contributed by atoms with E-state index in [-0.39, 0.29) is 24.1 Å². The van der Waals surface area contributed by atoms with Crippen molar-refractivity contribution in [2.75, 3.05) is 20.1 Å². The third-order valence-corrected chi connectivity index (χ3v) is 4.83. The van der Waals surface area contributed by atoms with Crippen LogP contribution in [0.15, 0.2) is 24.3 Å². The minimum absolute atomic E-state index is 0.0174. The standard InChI is InChI=1S/C17H25ClN2O2/c1-4-5-15(10-20-11-16(21)12(20)2)19(3)17(22)13-6-8-14(18)9-7-13/h6-9,12,15-16,21H,4-5,10-11H2,1-3H3/t12-,15+,16-/m1/s1. The minimum Gasteiger partial charge on any atom is -0.390 e. The maximum Gasteiger partial charge on any atom is 0.253 e. The molecule has 1 aromatic rings. The van der Waals surface area contributed by atoms with Crippen LogP contribution in [0.25, 0.3) is 0 Å². The molecule has 22 heavy (non-hydrogen) atoms. The summed E-state index contributed by atoms with van der Waals surface area (Å²) in [6.07, 6.45) is 1.74. The molecule has 0 spiro atoms. The van der Waals surface area contributed by atoms with Crippen LogP contribution in [0.4, 0.5) is 0 Å². The third kappa shape index (κ3) is 3.80. The first-order chi connectivity index (χ1) is 10.4. The van der Waals surface area contributed by atoms with E-state index in [1.807, 2.05) is 18.9 Å². The van der Waals surface area contributed by atoms with Crippen molar-refractivity contribution in [3.05, 3.63) is 34.9 Å². The van der Waals surface area contributed by atoms with Crippen molar-refractivity contribution in [1.82, 2.24) is 9.80 Å². The summed E-state index contributed by atoms with van der Waals surface area (Å²) >= 11 is 5.88. The van der Waals surface area contributed by atoms with Gasteiger partial charge in [0.2, 0.25) is 0 Å². The Bertz CT molecular complexity index is 506. The molecule has 0 aromatic heterocycles. The molecule has 0 unspecified atom stereocenters. The van der Waals surface area contributed by atoms with Crippen LogP contribution in [0.5, 0.6) is 0 Å². The Kier molecular flexibility index (Phi) is 5.84. The van der Waals surface area contributed by atoms with Gasteiger partial charge in [-0.1, -0.05) is 24.9 Å². The molecule has 0 saturated carbocycles. The Morgan fingerprint density at radius 2 is 2.09 bits per heavy atom. The largest absolute Gasteiger partial charge is 0.390 e. The van der Waals surface area contributed by atoms with Crippen LogP contribution in [0.3, 0.4) is 0 Å². The lowest BCUT2D eigenvalue weighted by Gasteiger charge is -2.46. The molecule has 1 aromatic carbocycles. The summed E-state index contributed by atoms with van der Waals surface area (Å²) in [7, 11) is 1.86. The Morgan fingerprint density at radius 3 is 2.59 bits per heavy atom. The van der Waals surface area contributed by atoms with E-state index in [4.69, 9.17) is 11.6 Å². The van der Waals surface area contributed by atoms with E-state index in [0.29, 0.717) is 17.1 Å². The number of amides is 1. The number of hydrogen-bond acceptors (Lipinski definition) is 3. The Morgan fingerprint density at radius 1 is 1.45 bits per heavy atom. The molecule has 122 valence electrons. The Labute approximate surface area is 137 Å². The SMILES string of the molecule is CCC[C@@H](CN1C[C@@H](O)[C@H]1C)N(C)C(=O)c1ccc(Cl)cc1. The normalized spacial score (nSPS) is 23.0. The van der Waals surface area contributed by atoms with Gasteiger partial charge in [0, 0.05) is 42.8 Å². The molecule has 1 amide bonds. The van der Waals surface area contributed by atoms with Gasteiger partial charge in [-0.2, -0.15) is 0 Å². The van der Waals surface area contributed by atoms with Crippen LogP contribution in [-0.2, 0) is 0 Å². The van der Waals surface area contributed by atoms with E-state index in [0.717, 1.165) is 19.4 Å². The number of nitrogens with zero attached hydrogens (tertiary/aromatic N) is 2. The Balaban J connectivity index is 2.03.